The van der Waals surface area contributed by atoms with Crippen molar-refractivity contribution in [3.8, 4) is 0 Å². The number of halogens is 1. The molecule has 0 spiro atoms. The number of amides is 1. The lowest BCUT2D eigenvalue weighted by atomic mass is 10.2. The number of aryl methyl sites for hydroxylation is 1. The molecule has 0 saturated carbocycles. The van der Waals surface area contributed by atoms with Crippen LogP contribution in [0, 0.1) is 6.92 Å². The smallest absolute Gasteiger partial charge is 0.270 e. The van der Waals surface area contributed by atoms with E-state index in [0.717, 1.165) is 11.3 Å². The van der Waals surface area contributed by atoms with Gasteiger partial charge in [0.05, 0.1) is 12.2 Å². The van der Waals surface area contributed by atoms with Crippen molar-refractivity contribution >= 4 is 17.5 Å². The molecule has 0 atom stereocenters. The van der Waals surface area contributed by atoms with E-state index in [1.807, 2.05) is 19.1 Å². The van der Waals surface area contributed by atoms with E-state index < -0.39 is 0 Å². The highest BCUT2D eigenvalue weighted by molar-refractivity contribution is 6.29. The normalized spacial score (nSPS) is 10.1. The van der Waals surface area contributed by atoms with Gasteiger partial charge in [-0.15, -0.1) is 0 Å². The van der Waals surface area contributed by atoms with E-state index in [9.17, 15) is 4.79 Å². The fourth-order valence-electron chi connectivity index (χ4n) is 1.49. The molecule has 0 saturated heterocycles. The predicted molar refractivity (Wildman–Crippen MR) is 69.4 cm³/mol. The van der Waals surface area contributed by atoms with E-state index in [4.69, 9.17) is 11.6 Å². The molecule has 18 heavy (non-hydrogen) atoms. The Labute approximate surface area is 110 Å². The minimum atomic E-state index is -0.262. The molecule has 2 rings (SSSR count). The molecule has 1 N–H and O–H groups in total. The highest BCUT2D eigenvalue weighted by Crippen LogP contribution is 2.06. The zero-order chi connectivity index (χ0) is 13.0. The summed E-state index contributed by atoms with van der Waals surface area (Å²) in [6.45, 7) is 2.33. The molecular formula is C13H12ClN3O. The number of carbonyl (C=O) groups is 1. The molecule has 0 fully saturated rings. The summed E-state index contributed by atoms with van der Waals surface area (Å²) in [5.41, 5.74) is 2.18. The summed E-state index contributed by atoms with van der Waals surface area (Å²) in [6, 6.07) is 8.75. The maximum absolute atomic E-state index is 11.8. The van der Waals surface area contributed by atoms with E-state index >= 15 is 0 Å². The van der Waals surface area contributed by atoms with Crippen LogP contribution in [0.15, 0.2) is 36.5 Å². The van der Waals surface area contributed by atoms with Crippen molar-refractivity contribution in [2.24, 2.45) is 0 Å². The molecule has 0 radical (unpaired) electrons. The van der Waals surface area contributed by atoms with Crippen LogP contribution < -0.4 is 5.32 Å². The summed E-state index contributed by atoms with van der Waals surface area (Å²) in [7, 11) is 0. The number of pyridine rings is 2. The molecule has 0 bridgehead atoms. The van der Waals surface area contributed by atoms with E-state index in [2.05, 4.69) is 15.3 Å². The fraction of sp³-hybridized carbons (Fsp3) is 0.154. The monoisotopic (exact) mass is 261 g/mol. The van der Waals surface area contributed by atoms with Gasteiger partial charge in [-0.25, -0.2) is 4.98 Å². The summed E-state index contributed by atoms with van der Waals surface area (Å²) in [6.07, 6.45) is 1.70. The highest BCUT2D eigenvalue weighted by Gasteiger charge is 2.08. The van der Waals surface area contributed by atoms with Gasteiger partial charge in [0.25, 0.3) is 5.91 Å². The Morgan fingerprint density at radius 1 is 1.33 bits per heavy atom. The first kappa shape index (κ1) is 12.5. The van der Waals surface area contributed by atoms with Crippen molar-refractivity contribution in [3.05, 3.63) is 58.6 Å². The van der Waals surface area contributed by atoms with Gasteiger partial charge >= 0.3 is 0 Å². The van der Waals surface area contributed by atoms with Crippen LogP contribution >= 0.6 is 11.6 Å². The van der Waals surface area contributed by atoms with Crippen molar-refractivity contribution in [2.45, 2.75) is 13.5 Å². The summed E-state index contributed by atoms with van der Waals surface area (Å²) in [5.74, 6) is -0.262. The van der Waals surface area contributed by atoms with Crippen LogP contribution in [0.25, 0.3) is 0 Å². The fourth-order valence-corrected chi connectivity index (χ4v) is 1.66. The molecule has 2 aromatic heterocycles. The second-order valence-corrected chi connectivity index (χ2v) is 4.18. The quantitative estimate of drug-likeness (QED) is 0.863. The number of hydrogen-bond donors (Lipinski definition) is 1. The van der Waals surface area contributed by atoms with Crippen LogP contribution in [0.2, 0.25) is 5.15 Å². The zero-order valence-electron chi connectivity index (χ0n) is 9.85. The van der Waals surface area contributed by atoms with Gasteiger partial charge < -0.3 is 5.32 Å². The lowest BCUT2D eigenvalue weighted by molar-refractivity contribution is 0.0945. The third-order valence-corrected chi connectivity index (χ3v) is 2.69. The van der Waals surface area contributed by atoms with Gasteiger partial charge in [0, 0.05) is 6.20 Å². The largest absolute Gasteiger partial charge is 0.345 e. The Bertz CT molecular complexity index is 572. The van der Waals surface area contributed by atoms with Crippen LogP contribution in [-0.4, -0.2) is 15.9 Å². The van der Waals surface area contributed by atoms with E-state index in [1.165, 1.54) is 0 Å². The van der Waals surface area contributed by atoms with Crippen molar-refractivity contribution in [1.82, 2.24) is 15.3 Å². The zero-order valence-corrected chi connectivity index (χ0v) is 10.6. The van der Waals surface area contributed by atoms with Crippen LogP contribution in [0.1, 0.15) is 21.7 Å². The number of aromatic nitrogens is 2. The van der Waals surface area contributed by atoms with Crippen LogP contribution in [0.4, 0.5) is 0 Å². The van der Waals surface area contributed by atoms with Gasteiger partial charge in [0.1, 0.15) is 10.8 Å². The number of nitrogens with one attached hydrogen (secondary N) is 1. The molecule has 0 aliphatic carbocycles. The number of carbonyl (C=O) groups excluding carboxylic acids is 1. The van der Waals surface area contributed by atoms with Gasteiger partial charge in [0.15, 0.2) is 0 Å². The molecule has 5 heteroatoms. The number of rotatable bonds is 3. The predicted octanol–water partition coefficient (Wildman–Crippen LogP) is 2.37. The molecule has 92 valence electrons. The molecular weight excluding hydrogens is 250 g/mol. The third-order valence-electron chi connectivity index (χ3n) is 2.48. The summed E-state index contributed by atoms with van der Waals surface area (Å²) in [5, 5.41) is 3.06. The first-order valence-corrected chi connectivity index (χ1v) is 5.86. The van der Waals surface area contributed by atoms with Gasteiger partial charge in [0.2, 0.25) is 0 Å². The molecule has 2 heterocycles. The van der Waals surface area contributed by atoms with Gasteiger partial charge in [-0.1, -0.05) is 23.7 Å². The molecule has 0 aliphatic heterocycles. The van der Waals surface area contributed by atoms with E-state index in [-0.39, 0.29) is 5.91 Å². The second kappa shape index (κ2) is 5.60. The Balaban J connectivity index is 2.03. The van der Waals surface area contributed by atoms with Crippen molar-refractivity contribution in [3.63, 3.8) is 0 Å². The third kappa shape index (κ3) is 3.05. The van der Waals surface area contributed by atoms with Gasteiger partial charge in [-0.05, 0) is 30.7 Å². The first-order chi connectivity index (χ1) is 8.66. The summed E-state index contributed by atoms with van der Waals surface area (Å²) >= 11 is 5.73. The molecule has 0 aliphatic rings. The number of nitrogens with zero attached hydrogens (tertiary/aromatic N) is 2. The SMILES string of the molecule is Cc1cccnc1CNC(=O)c1cccc(Cl)n1. The summed E-state index contributed by atoms with van der Waals surface area (Å²) < 4.78 is 0. The second-order valence-electron chi connectivity index (χ2n) is 3.80. The Hall–Kier alpha value is -1.94. The van der Waals surface area contributed by atoms with Crippen LogP contribution in [-0.2, 0) is 6.54 Å². The Morgan fingerprint density at radius 2 is 2.17 bits per heavy atom. The van der Waals surface area contributed by atoms with Gasteiger partial charge in [-0.2, -0.15) is 0 Å². The van der Waals surface area contributed by atoms with Crippen molar-refractivity contribution in [1.29, 1.82) is 0 Å². The standard InChI is InChI=1S/C13H12ClN3O/c1-9-4-3-7-15-11(9)8-16-13(18)10-5-2-6-12(14)17-10/h2-7H,8H2,1H3,(H,16,18). The number of hydrogen-bond acceptors (Lipinski definition) is 3. The van der Waals surface area contributed by atoms with E-state index in [0.29, 0.717) is 17.4 Å². The van der Waals surface area contributed by atoms with Crippen LogP contribution in [0.5, 0.6) is 0 Å². The average Bonchev–Trinajstić information content (AvgIpc) is 2.37. The first-order valence-electron chi connectivity index (χ1n) is 5.48. The molecule has 0 aromatic carbocycles. The lowest BCUT2D eigenvalue weighted by Crippen LogP contribution is -2.24. The van der Waals surface area contributed by atoms with Crippen molar-refractivity contribution < 1.29 is 4.79 Å². The molecule has 0 unspecified atom stereocenters. The minimum absolute atomic E-state index is 0.262. The Morgan fingerprint density at radius 3 is 2.89 bits per heavy atom. The van der Waals surface area contributed by atoms with E-state index in [1.54, 1.807) is 24.4 Å². The topological polar surface area (TPSA) is 54.9 Å². The van der Waals surface area contributed by atoms with Gasteiger partial charge in [-0.3, -0.25) is 9.78 Å². The lowest BCUT2D eigenvalue weighted by Gasteiger charge is -2.06. The maximum atomic E-state index is 11.8. The minimum Gasteiger partial charge on any atom is -0.345 e. The molecule has 1 amide bonds. The Kier molecular flexibility index (Phi) is 3.89. The maximum Gasteiger partial charge on any atom is 0.270 e. The molecule has 2 aromatic rings. The highest BCUT2D eigenvalue weighted by atomic mass is 35.5. The molecule has 4 nitrogen and oxygen atoms in total. The summed E-state index contributed by atoms with van der Waals surface area (Å²) in [4.78, 5) is 20.0. The van der Waals surface area contributed by atoms with Crippen LogP contribution in [0.3, 0.4) is 0 Å². The average molecular weight is 262 g/mol. The van der Waals surface area contributed by atoms with Crippen molar-refractivity contribution in [2.75, 3.05) is 0 Å².